The number of nitrogens with one attached hydrogen (secondary N) is 1. The smallest absolute Gasteiger partial charge is 0.234 e. The fourth-order valence-electron chi connectivity index (χ4n) is 4.40. The maximum absolute atomic E-state index is 12.8. The number of nitrogens with zero attached hydrogens (tertiary/aromatic N) is 4. The molecule has 0 radical (unpaired) electrons. The van der Waals surface area contributed by atoms with Crippen molar-refractivity contribution in [1.82, 2.24) is 25.0 Å². The van der Waals surface area contributed by atoms with Crippen LogP contribution in [0.2, 0.25) is 0 Å². The highest BCUT2D eigenvalue weighted by molar-refractivity contribution is 5.78. The van der Waals surface area contributed by atoms with E-state index < -0.39 is 0 Å². The van der Waals surface area contributed by atoms with Crippen LogP contribution in [0.4, 0.5) is 0 Å². The molecule has 0 spiro atoms. The van der Waals surface area contributed by atoms with E-state index in [0.717, 1.165) is 43.1 Å². The Bertz CT molecular complexity index is 836. The lowest BCUT2D eigenvalue weighted by Crippen LogP contribution is -2.43. The SMILES string of the molecule is COc1ccc(C(NC(=O)CN2CCC(c3nncn3C3CC3)CC2)C(C)C)cc1. The summed E-state index contributed by atoms with van der Waals surface area (Å²) in [6, 6.07) is 8.57. The summed E-state index contributed by atoms with van der Waals surface area (Å²) in [5.41, 5.74) is 1.11. The van der Waals surface area contributed by atoms with Gasteiger partial charge in [-0.15, -0.1) is 10.2 Å². The third-order valence-corrected chi connectivity index (χ3v) is 6.32. The number of hydrogen-bond donors (Lipinski definition) is 1. The lowest BCUT2D eigenvalue weighted by molar-refractivity contribution is -0.123. The first-order chi connectivity index (χ1) is 14.5. The molecule has 2 fully saturated rings. The zero-order chi connectivity index (χ0) is 21.1. The molecule has 30 heavy (non-hydrogen) atoms. The van der Waals surface area contributed by atoms with Crippen LogP contribution in [0.1, 0.15) is 68.9 Å². The van der Waals surface area contributed by atoms with Gasteiger partial charge in [0.1, 0.15) is 17.9 Å². The van der Waals surface area contributed by atoms with E-state index in [2.05, 4.69) is 38.8 Å². The molecule has 7 heteroatoms. The summed E-state index contributed by atoms with van der Waals surface area (Å²) >= 11 is 0. The van der Waals surface area contributed by atoms with E-state index >= 15 is 0 Å². The van der Waals surface area contributed by atoms with E-state index in [4.69, 9.17) is 4.74 Å². The van der Waals surface area contributed by atoms with Crippen molar-refractivity contribution in [3.8, 4) is 5.75 Å². The van der Waals surface area contributed by atoms with E-state index in [1.54, 1.807) is 7.11 Å². The van der Waals surface area contributed by atoms with E-state index in [0.29, 0.717) is 24.4 Å². The van der Waals surface area contributed by atoms with Crippen molar-refractivity contribution in [3.63, 3.8) is 0 Å². The molecule has 162 valence electrons. The molecule has 1 aliphatic carbocycles. The van der Waals surface area contributed by atoms with Gasteiger partial charge in [-0.25, -0.2) is 0 Å². The van der Waals surface area contributed by atoms with Crippen LogP contribution in [0.25, 0.3) is 0 Å². The second kappa shape index (κ2) is 9.16. The standard InChI is InChI=1S/C23H33N5O2/c1-16(2)22(17-4-8-20(30-3)9-5-17)25-21(29)14-27-12-10-18(11-13-27)23-26-24-15-28(23)19-6-7-19/h4-5,8-9,15-16,18-19,22H,6-7,10-14H2,1-3H3,(H,25,29). The Hall–Kier alpha value is -2.41. The molecule has 2 aromatic rings. The van der Waals surface area contributed by atoms with Gasteiger partial charge in [-0.3, -0.25) is 9.69 Å². The molecule has 4 rings (SSSR count). The number of carbonyl (C=O) groups excluding carboxylic acids is 1. The number of hydrogen-bond acceptors (Lipinski definition) is 5. The van der Waals surface area contributed by atoms with Gasteiger partial charge in [0.15, 0.2) is 0 Å². The zero-order valence-corrected chi connectivity index (χ0v) is 18.3. The molecule has 1 aromatic heterocycles. The van der Waals surface area contributed by atoms with Crippen LogP contribution in [0, 0.1) is 5.92 Å². The zero-order valence-electron chi connectivity index (χ0n) is 18.3. The maximum atomic E-state index is 12.8. The molecule has 1 saturated carbocycles. The highest BCUT2D eigenvalue weighted by Gasteiger charge is 2.31. The van der Waals surface area contributed by atoms with Crippen molar-refractivity contribution < 1.29 is 9.53 Å². The summed E-state index contributed by atoms with van der Waals surface area (Å²) in [5, 5.41) is 11.8. The summed E-state index contributed by atoms with van der Waals surface area (Å²) in [6.07, 6.45) is 6.44. The minimum Gasteiger partial charge on any atom is -0.497 e. The fourth-order valence-corrected chi connectivity index (χ4v) is 4.40. The van der Waals surface area contributed by atoms with Gasteiger partial charge in [0, 0.05) is 12.0 Å². The predicted molar refractivity (Wildman–Crippen MR) is 115 cm³/mol. The molecule has 1 N–H and O–H groups in total. The predicted octanol–water partition coefficient (Wildman–Crippen LogP) is 3.31. The maximum Gasteiger partial charge on any atom is 0.234 e. The van der Waals surface area contributed by atoms with E-state index in [-0.39, 0.29) is 11.9 Å². The Morgan fingerprint density at radius 1 is 1.17 bits per heavy atom. The Balaban J connectivity index is 1.29. The van der Waals surface area contributed by atoms with Gasteiger partial charge in [-0.05, 0) is 62.4 Å². The number of rotatable bonds is 8. The normalized spacial score (nSPS) is 19.1. The topological polar surface area (TPSA) is 72.3 Å². The number of benzene rings is 1. The summed E-state index contributed by atoms with van der Waals surface area (Å²) < 4.78 is 7.52. The molecule has 2 aliphatic rings. The molecule has 1 unspecified atom stereocenters. The number of piperidine rings is 1. The Morgan fingerprint density at radius 3 is 2.47 bits per heavy atom. The van der Waals surface area contributed by atoms with Crippen LogP contribution in [-0.4, -0.2) is 52.3 Å². The van der Waals surface area contributed by atoms with Crippen molar-refractivity contribution in [1.29, 1.82) is 0 Å². The molecular weight excluding hydrogens is 378 g/mol. The molecule has 7 nitrogen and oxygen atoms in total. The number of ether oxygens (including phenoxy) is 1. The van der Waals surface area contributed by atoms with Crippen molar-refractivity contribution in [2.24, 2.45) is 5.92 Å². The van der Waals surface area contributed by atoms with Gasteiger partial charge in [0.25, 0.3) is 0 Å². The first-order valence-corrected chi connectivity index (χ1v) is 11.1. The molecule has 0 bridgehead atoms. The minimum absolute atomic E-state index is 0.00182. The highest BCUT2D eigenvalue weighted by atomic mass is 16.5. The van der Waals surface area contributed by atoms with Crippen molar-refractivity contribution in [3.05, 3.63) is 42.0 Å². The number of methoxy groups -OCH3 is 1. The molecule has 1 amide bonds. The lowest BCUT2D eigenvalue weighted by Gasteiger charge is -2.32. The average Bonchev–Trinajstić information content (AvgIpc) is 3.49. The van der Waals surface area contributed by atoms with Gasteiger partial charge >= 0.3 is 0 Å². The third kappa shape index (κ3) is 4.83. The van der Waals surface area contributed by atoms with Crippen LogP contribution in [0.3, 0.4) is 0 Å². The van der Waals surface area contributed by atoms with Gasteiger partial charge in [-0.2, -0.15) is 0 Å². The van der Waals surface area contributed by atoms with Gasteiger partial charge in [-0.1, -0.05) is 26.0 Å². The molecule has 2 heterocycles. The number of carbonyl (C=O) groups is 1. The number of likely N-dealkylation sites (tertiary alicyclic amines) is 1. The molecule has 1 aliphatic heterocycles. The first kappa shape index (κ1) is 20.8. The Labute approximate surface area is 178 Å². The second-order valence-electron chi connectivity index (χ2n) is 8.94. The largest absolute Gasteiger partial charge is 0.497 e. The van der Waals surface area contributed by atoms with E-state index in [9.17, 15) is 4.79 Å². The van der Waals surface area contributed by atoms with Crippen LogP contribution in [0.5, 0.6) is 5.75 Å². The summed E-state index contributed by atoms with van der Waals surface area (Å²) in [6.45, 7) is 6.56. The summed E-state index contributed by atoms with van der Waals surface area (Å²) in [7, 11) is 1.66. The second-order valence-corrected chi connectivity index (χ2v) is 8.94. The minimum atomic E-state index is -0.00182. The van der Waals surface area contributed by atoms with Crippen molar-refractivity contribution in [2.75, 3.05) is 26.7 Å². The van der Waals surface area contributed by atoms with Crippen molar-refractivity contribution in [2.45, 2.75) is 57.5 Å². The quantitative estimate of drug-likeness (QED) is 0.721. The molecule has 1 saturated heterocycles. The van der Waals surface area contributed by atoms with E-state index in [1.165, 1.54) is 12.8 Å². The van der Waals surface area contributed by atoms with E-state index in [1.807, 2.05) is 30.6 Å². The first-order valence-electron chi connectivity index (χ1n) is 11.1. The monoisotopic (exact) mass is 411 g/mol. The van der Waals surface area contributed by atoms with Gasteiger partial charge in [0.05, 0.1) is 19.7 Å². The summed E-state index contributed by atoms with van der Waals surface area (Å²) in [4.78, 5) is 15.0. The number of aromatic nitrogens is 3. The van der Waals surface area contributed by atoms with Gasteiger partial charge in [0.2, 0.25) is 5.91 Å². The Morgan fingerprint density at radius 2 is 1.87 bits per heavy atom. The van der Waals surface area contributed by atoms with Crippen LogP contribution in [-0.2, 0) is 4.79 Å². The highest BCUT2D eigenvalue weighted by Crippen LogP contribution is 2.38. The fraction of sp³-hybridized carbons (Fsp3) is 0.609. The molecular formula is C23H33N5O2. The molecule has 1 aromatic carbocycles. The average molecular weight is 412 g/mol. The van der Waals surface area contributed by atoms with Crippen molar-refractivity contribution >= 4 is 5.91 Å². The van der Waals surface area contributed by atoms with Gasteiger partial charge < -0.3 is 14.6 Å². The van der Waals surface area contributed by atoms with Crippen LogP contribution >= 0.6 is 0 Å². The Kier molecular flexibility index (Phi) is 6.37. The number of amides is 1. The van der Waals surface area contributed by atoms with Crippen LogP contribution < -0.4 is 10.1 Å². The lowest BCUT2D eigenvalue weighted by atomic mass is 9.95. The third-order valence-electron chi connectivity index (χ3n) is 6.32. The summed E-state index contributed by atoms with van der Waals surface area (Å²) in [5.74, 6) is 2.81. The van der Waals surface area contributed by atoms with Crippen LogP contribution in [0.15, 0.2) is 30.6 Å². The molecule has 1 atom stereocenters.